The Kier molecular flexibility index (Phi) is 4.63. The van der Waals surface area contributed by atoms with Crippen molar-refractivity contribution < 1.29 is 4.79 Å². The lowest BCUT2D eigenvalue weighted by atomic mass is 9.87. The average molecular weight is 315 g/mol. The van der Waals surface area contributed by atoms with Crippen LogP contribution in [0, 0.1) is 0 Å². The molecule has 120 valence electrons. The van der Waals surface area contributed by atoms with E-state index in [1.807, 2.05) is 36.4 Å². The summed E-state index contributed by atoms with van der Waals surface area (Å²) < 4.78 is 0. The lowest BCUT2D eigenvalue weighted by molar-refractivity contribution is -0.123. The number of benzene rings is 2. The van der Waals surface area contributed by atoms with Gasteiger partial charge in [0.25, 0.3) is 0 Å². The van der Waals surface area contributed by atoms with Crippen LogP contribution in [0.25, 0.3) is 0 Å². The second-order valence-corrected chi connectivity index (χ2v) is 6.20. The molecule has 0 atom stereocenters. The van der Waals surface area contributed by atoms with Crippen molar-refractivity contribution in [3.05, 3.63) is 66.2 Å². The zero-order chi connectivity index (χ0) is 16.1. The molecule has 2 aromatic carbocycles. The molecule has 0 aromatic heterocycles. The summed E-state index contributed by atoms with van der Waals surface area (Å²) in [5, 5.41) is 3.38. The van der Waals surface area contributed by atoms with Gasteiger partial charge in [-0.05, 0) is 30.5 Å². The number of para-hydroxylation sites is 1. The van der Waals surface area contributed by atoms with Crippen molar-refractivity contribution in [1.29, 1.82) is 0 Å². The molecular formula is C19H23N3O. The van der Waals surface area contributed by atoms with Crippen LogP contribution in [-0.4, -0.2) is 29.4 Å². The maximum atomic E-state index is 12.1. The van der Waals surface area contributed by atoms with Gasteiger partial charge in [0.1, 0.15) is 5.54 Å². The van der Waals surface area contributed by atoms with Crippen molar-refractivity contribution in [2.45, 2.75) is 24.9 Å². The highest BCUT2D eigenvalue weighted by atomic mass is 16.1. The van der Waals surface area contributed by atoms with Gasteiger partial charge in [0.2, 0.25) is 5.91 Å². The van der Waals surface area contributed by atoms with Gasteiger partial charge in [-0.1, -0.05) is 48.5 Å². The van der Waals surface area contributed by atoms with E-state index < -0.39 is 5.54 Å². The number of likely N-dealkylation sites (tertiary alicyclic amines) is 1. The molecule has 1 aliphatic rings. The minimum absolute atomic E-state index is 0.263. The molecule has 23 heavy (non-hydrogen) atoms. The van der Waals surface area contributed by atoms with Crippen LogP contribution >= 0.6 is 0 Å². The molecule has 0 aliphatic carbocycles. The quantitative estimate of drug-likeness (QED) is 0.892. The van der Waals surface area contributed by atoms with Gasteiger partial charge >= 0.3 is 0 Å². The Morgan fingerprint density at radius 2 is 1.57 bits per heavy atom. The van der Waals surface area contributed by atoms with E-state index in [0.29, 0.717) is 0 Å². The fourth-order valence-corrected chi connectivity index (χ4v) is 3.17. The molecule has 1 amide bonds. The second-order valence-electron chi connectivity index (χ2n) is 6.20. The van der Waals surface area contributed by atoms with E-state index in [9.17, 15) is 4.79 Å². The van der Waals surface area contributed by atoms with Gasteiger partial charge in [-0.3, -0.25) is 9.69 Å². The molecular weight excluding hydrogens is 292 g/mol. The minimum atomic E-state index is -0.644. The average Bonchev–Trinajstić information content (AvgIpc) is 2.58. The number of hydrogen-bond donors (Lipinski definition) is 2. The number of piperidine rings is 1. The summed E-state index contributed by atoms with van der Waals surface area (Å²) in [5.74, 6) is -0.263. The Balaban J connectivity index is 1.65. The second kappa shape index (κ2) is 6.84. The van der Waals surface area contributed by atoms with E-state index in [-0.39, 0.29) is 5.91 Å². The molecule has 3 rings (SSSR count). The summed E-state index contributed by atoms with van der Waals surface area (Å²) in [6, 6.07) is 20.3. The number of primary amides is 1. The number of carbonyl (C=O) groups is 1. The van der Waals surface area contributed by atoms with Crippen LogP contribution in [0.3, 0.4) is 0 Å². The number of amides is 1. The third-order valence-electron chi connectivity index (χ3n) is 4.59. The number of carbonyl (C=O) groups excluding carboxylic acids is 1. The van der Waals surface area contributed by atoms with Gasteiger partial charge in [0.15, 0.2) is 0 Å². The molecule has 0 unspecified atom stereocenters. The summed E-state index contributed by atoms with van der Waals surface area (Å²) in [5.41, 5.74) is 7.33. The fraction of sp³-hybridized carbons (Fsp3) is 0.316. The summed E-state index contributed by atoms with van der Waals surface area (Å²) in [6.07, 6.45) is 1.45. The zero-order valence-electron chi connectivity index (χ0n) is 13.2. The first-order chi connectivity index (χ1) is 11.2. The van der Waals surface area contributed by atoms with Crippen LogP contribution in [0.2, 0.25) is 0 Å². The molecule has 0 radical (unpaired) electrons. The third-order valence-corrected chi connectivity index (χ3v) is 4.59. The number of nitrogens with zero attached hydrogens (tertiary/aromatic N) is 1. The number of nitrogens with one attached hydrogen (secondary N) is 1. The predicted molar refractivity (Wildman–Crippen MR) is 92.9 cm³/mol. The summed E-state index contributed by atoms with van der Waals surface area (Å²) in [4.78, 5) is 14.5. The minimum Gasteiger partial charge on any atom is -0.371 e. The topological polar surface area (TPSA) is 58.4 Å². The highest BCUT2D eigenvalue weighted by Crippen LogP contribution is 2.27. The van der Waals surface area contributed by atoms with Crippen molar-refractivity contribution in [1.82, 2.24) is 4.90 Å². The monoisotopic (exact) mass is 315 g/mol. The van der Waals surface area contributed by atoms with Crippen molar-refractivity contribution in [2.75, 3.05) is 18.4 Å². The normalized spacial score (nSPS) is 17.6. The largest absolute Gasteiger partial charge is 0.371 e. The van der Waals surface area contributed by atoms with Crippen LogP contribution in [0.15, 0.2) is 60.7 Å². The Bertz CT molecular complexity index is 634. The van der Waals surface area contributed by atoms with E-state index in [1.165, 1.54) is 5.56 Å². The van der Waals surface area contributed by atoms with Gasteiger partial charge in [-0.15, -0.1) is 0 Å². The molecule has 0 saturated carbocycles. The summed E-state index contributed by atoms with van der Waals surface area (Å²) >= 11 is 0. The van der Waals surface area contributed by atoms with Crippen LogP contribution in [0.4, 0.5) is 5.69 Å². The first-order valence-electron chi connectivity index (χ1n) is 8.07. The number of nitrogens with two attached hydrogens (primary N) is 1. The number of anilines is 1. The van der Waals surface area contributed by atoms with E-state index >= 15 is 0 Å². The van der Waals surface area contributed by atoms with Gasteiger partial charge in [0.05, 0.1) is 0 Å². The van der Waals surface area contributed by atoms with Crippen LogP contribution in [0.1, 0.15) is 18.4 Å². The molecule has 3 N–H and O–H groups in total. The van der Waals surface area contributed by atoms with E-state index in [4.69, 9.17) is 5.73 Å². The highest BCUT2D eigenvalue weighted by Gasteiger charge is 2.39. The third kappa shape index (κ3) is 3.71. The van der Waals surface area contributed by atoms with E-state index in [1.54, 1.807) is 0 Å². The van der Waals surface area contributed by atoms with Gasteiger partial charge < -0.3 is 11.1 Å². The lowest BCUT2D eigenvalue weighted by Gasteiger charge is -2.40. The van der Waals surface area contributed by atoms with Crippen LogP contribution in [-0.2, 0) is 11.3 Å². The SMILES string of the molecule is NC(=O)C1(N[13c]2[13cH][13cH][13cH][13cH][13cH]2)CCN(Cc2ccccc2)CC1. The maximum Gasteiger partial charge on any atom is 0.243 e. The predicted octanol–water partition coefficient (Wildman–Crippen LogP) is 2.62. The molecule has 4 nitrogen and oxygen atoms in total. The number of hydrogen-bond acceptors (Lipinski definition) is 3. The molecule has 0 bridgehead atoms. The van der Waals surface area contributed by atoms with Crippen LogP contribution < -0.4 is 11.1 Å². The molecule has 1 heterocycles. The lowest BCUT2D eigenvalue weighted by Crippen LogP contribution is -2.56. The molecule has 4 heteroatoms. The van der Waals surface area contributed by atoms with Gasteiger partial charge in [0, 0.05) is 25.3 Å². The molecule has 2 aromatic rings. The van der Waals surface area contributed by atoms with E-state index in [0.717, 1.165) is 38.2 Å². The Hall–Kier alpha value is -2.33. The number of rotatable bonds is 5. The van der Waals surface area contributed by atoms with E-state index in [2.05, 4.69) is 34.5 Å². The summed E-state index contributed by atoms with van der Waals surface area (Å²) in [6.45, 7) is 2.64. The zero-order valence-corrected chi connectivity index (χ0v) is 13.2. The fourth-order valence-electron chi connectivity index (χ4n) is 3.17. The van der Waals surface area contributed by atoms with Gasteiger partial charge in [-0.25, -0.2) is 0 Å². The molecule has 1 fully saturated rings. The smallest absolute Gasteiger partial charge is 0.243 e. The Morgan fingerprint density at radius 1 is 1.00 bits per heavy atom. The maximum absolute atomic E-state index is 12.1. The van der Waals surface area contributed by atoms with Crippen molar-refractivity contribution in [3.63, 3.8) is 0 Å². The highest BCUT2D eigenvalue weighted by molar-refractivity contribution is 5.88. The van der Waals surface area contributed by atoms with Crippen LogP contribution in [0.5, 0.6) is 0 Å². The first-order valence-corrected chi connectivity index (χ1v) is 8.07. The Morgan fingerprint density at radius 3 is 2.13 bits per heavy atom. The Labute approximate surface area is 137 Å². The first kappa shape index (κ1) is 15.6. The van der Waals surface area contributed by atoms with Crippen molar-refractivity contribution >= 4 is 11.6 Å². The van der Waals surface area contributed by atoms with Crippen molar-refractivity contribution in [2.24, 2.45) is 5.73 Å². The molecule has 0 spiro atoms. The standard InChI is InChI=1S/C19H23N3O/c20-18(23)19(21-17-9-5-2-6-10-17)11-13-22(14-12-19)15-16-7-3-1-4-8-16/h1-10,21H,11-15H2,(H2,20,23)/i2+1,5+1,6+1,9+1,10+1,17+1. The molecule has 1 saturated heterocycles. The van der Waals surface area contributed by atoms with Gasteiger partial charge in [-0.2, -0.15) is 0 Å². The van der Waals surface area contributed by atoms with Crippen molar-refractivity contribution in [3.8, 4) is 0 Å². The summed E-state index contributed by atoms with van der Waals surface area (Å²) in [7, 11) is 0. The molecule has 1 aliphatic heterocycles.